The fourth-order valence-electron chi connectivity index (χ4n) is 2.46. The van der Waals surface area contributed by atoms with E-state index in [0.717, 1.165) is 11.3 Å². The summed E-state index contributed by atoms with van der Waals surface area (Å²) in [6, 6.07) is 15.3. The van der Waals surface area contributed by atoms with Crippen molar-refractivity contribution in [1.82, 2.24) is 5.32 Å². The maximum Gasteiger partial charge on any atom is 0.281 e. The van der Waals surface area contributed by atoms with Crippen LogP contribution in [0.15, 0.2) is 54.2 Å². The highest BCUT2D eigenvalue weighted by Crippen LogP contribution is 2.25. The van der Waals surface area contributed by atoms with E-state index in [1.165, 1.54) is 10.5 Å². The lowest BCUT2D eigenvalue weighted by molar-refractivity contribution is -0.113. The third-order valence-corrected chi connectivity index (χ3v) is 3.96. The Balaban J connectivity index is 1.84. The number of carbonyl (C=O) groups excluding carboxylic acids is 1. The molecule has 0 unspecified atom stereocenters. The minimum absolute atomic E-state index is 0.162. The number of thiocarbonyl (C=S) groups is 1. The van der Waals surface area contributed by atoms with Gasteiger partial charge in [-0.25, -0.2) is 0 Å². The van der Waals surface area contributed by atoms with Gasteiger partial charge in [-0.05, 0) is 62.0 Å². The third-order valence-electron chi connectivity index (χ3n) is 3.67. The highest BCUT2D eigenvalue weighted by atomic mass is 32.1. The molecule has 0 aromatic heterocycles. The normalized spacial score (nSPS) is 15.8. The van der Waals surface area contributed by atoms with E-state index in [1.54, 1.807) is 0 Å². The fraction of sp³-hybridized carbons (Fsp3) is 0.158. The van der Waals surface area contributed by atoms with Crippen LogP contribution in [0.2, 0.25) is 0 Å². The third kappa shape index (κ3) is 3.31. The Morgan fingerprint density at radius 1 is 1.12 bits per heavy atom. The summed E-state index contributed by atoms with van der Waals surface area (Å²) >= 11 is 5.32. The van der Waals surface area contributed by atoms with Crippen LogP contribution in [-0.2, 0) is 4.79 Å². The van der Waals surface area contributed by atoms with Crippen LogP contribution in [0.5, 0.6) is 5.75 Å². The van der Waals surface area contributed by atoms with Crippen LogP contribution >= 0.6 is 12.2 Å². The van der Waals surface area contributed by atoms with E-state index in [-0.39, 0.29) is 5.91 Å². The maximum absolute atomic E-state index is 12.7. The predicted molar refractivity (Wildman–Crippen MR) is 100.0 cm³/mol. The van der Waals surface area contributed by atoms with Gasteiger partial charge in [0.25, 0.3) is 5.91 Å². The molecule has 0 atom stereocenters. The van der Waals surface area contributed by atoms with Gasteiger partial charge in [0, 0.05) is 0 Å². The topological polar surface area (TPSA) is 41.6 Å². The monoisotopic (exact) mass is 338 g/mol. The Morgan fingerprint density at radius 3 is 2.42 bits per heavy atom. The first-order valence-corrected chi connectivity index (χ1v) is 8.16. The van der Waals surface area contributed by atoms with E-state index in [0.29, 0.717) is 23.1 Å². The van der Waals surface area contributed by atoms with Crippen molar-refractivity contribution in [2.75, 3.05) is 11.5 Å². The molecular formula is C19H18N2O2S. The van der Waals surface area contributed by atoms with Crippen molar-refractivity contribution in [1.29, 1.82) is 0 Å². The van der Waals surface area contributed by atoms with Gasteiger partial charge >= 0.3 is 0 Å². The number of nitrogens with one attached hydrogen (secondary N) is 1. The molecule has 0 bridgehead atoms. The summed E-state index contributed by atoms with van der Waals surface area (Å²) in [7, 11) is 0. The average Bonchev–Trinajstić information content (AvgIpc) is 2.85. The summed E-state index contributed by atoms with van der Waals surface area (Å²) in [4.78, 5) is 14.2. The number of ether oxygens (including phenoxy) is 1. The molecule has 1 aliphatic rings. The zero-order valence-electron chi connectivity index (χ0n) is 13.6. The van der Waals surface area contributed by atoms with Crippen LogP contribution in [0.3, 0.4) is 0 Å². The van der Waals surface area contributed by atoms with Gasteiger partial charge in [0.1, 0.15) is 11.4 Å². The summed E-state index contributed by atoms with van der Waals surface area (Å²) in [5.41, 5.74) is 3.31. The molecule has 2 aromatic rings. The maximum atomic E-state index is 12.7. The fourth-order valence-corrected chi connectivity index (χ4v) is 2.76. The Morgan fingerprint density at radius 2 is 1.79 bits per heavy atom. The van der Waals surface area contributed by atoms with Crippen molar-refractivity contribution in [2.24, 2.45) is 0 Å². The number of anilines is 1. The van der Waals surface area contributed by atoms with Gasteiger partial charge in [0.15, 0.2) is 5.11 Å². The highest BCUT2D eigenvalue weighted by molar-refractivity contribution is 7.80. The Labute approximate surface area is 146 Å². The first-order chi connectivity index (χ1) is 11.6. The summed E-state index contributed by atoms with van der Waals surface area (Å²) in [5.74, 6) is 0.604. The van der Waals surface area contributed by atoms with Crippen LogP contribution in [0.4, 0.5) is 5.69 Å². The second-order valence-electron chi connectivity index (χ2n) is 5.47. The van der Waals surface area contributed by atoms with E-state index in [4.69, 9.17) is 17.0 Å². The molecule has 1 saturated heterocycles. The van der Waals surface area contributed by atoms with Crippen molar-refractivity contribution >= 4 is 35.0 Å². The molecule has 1 heterocycles. The lowest BCUT2D eigenvalue weighted by atomic mass is 10.1. The van der Waals surface area contributed by atoms with Gasteiger partial charge in [-0.3, -0.25) is 9.69 Å². The molecule has 5 heteroatoms. The summed E-state index contributed by atoms with van der Waals surface area (Å²) < 4.78 is 5.42. The van der Waals surface area contributed by atoms with Crippen molar-refractivity contribution in [3.05, 3.63) is 65.4 Å². The minimum Gasteiger partial charge on any atom is -0.494 e. The minimum atomic E-state index is -0.162. The number of hydrogen-bond acceptors (Lipinski definition) is 3. The summed E-state index contributed by atoms with van der Waals surface area (Å²) in [5, 5.41) is 3.37. The molecule has 1 fully saturated rings. The van der Waals surface area contributed by atoms with Gasteiger partial charge in [-0.1, -0.05) is 29.8 Å². The lowest BCUT2D eigenvalue weighted by Gasteiger charge is -2.14. The SMILES string of the molecule is CCOc1ccc(N2C(=O)C(=Cc3ccc(C)cc3)NC2=S)cc1. The molecule has 1 aliphatic heterocycles. The van der Waals surface area contributed by atoms with Crippen molar-refractivity contribution in [2.45, 2.75) is 13.8 Å². The number of nitrogens with zero attached hydrogens (tertiary/aromatic N) is 1. The number of amides is 1. The first-order valence-electron chi connectivity index (χ1n) is 7.75. The number of benzene rings is 2. The Bertz CT molecular complexity index is 795. The molecule has 0 aliphatic carbocycles. The summed E-state index contributed by atoms with van der Waals surface area (Å²) in [6.45, 7) is 4.56. The van der Waals surface area contributed by atoms with E-state index >= 15 is 0 Å². The molecule has 2 aromatic carbocycles. The van der Waals surface area contributed by atoms with Crippen molar-refractivity contribution in [3.8, 4) is 5.75 Å². The van der Waals surface area contributed by atoms with E-state index in [1.807, 2.05) is 68.5 Å². The average molecular weight is 338 g/mol. The molecule has 0 spiro atoms. The largest absolute Gasteiger partial charge is 0.494 e. The number of carbonyl (C=O) groups is 1. The second-order valence-corrected chi connectivity index (χ2v) is 5.85. The van der Waals surface area contributed by atoms with Crippen LogP contribution in [0, 0.1) is 6.92 Å². The highest BCUT2D eigenvalue weighted by Gasteiger charge is 2.31. The molecule has 1 amide bonds. The van der Waals surface area contributed by atoms with Crippen molar-refractivity contribution in [3.63, 3.8) is 0 Å². The Kier molecular flexibility index (Phi) is 4.62. The van der Waals surface area contributed by atoms with Gasteiger partial charge in [0.2, 0.25) is 0 Å². The number of rotatable bonds is 4. The zero-order chi connectivity index (χ0) is 17.1. The standard InChI is InChI=1S/C19H18N2O2S/c1-3-23-16-10-8-15(9-11-16)21-18(22)17(20-19(21)24)12-14-6-4-13(2)5-7-14/h4-12H,3H2,1-2H3,(H,20,24). The van der Waals surface area contributed by atoms with Gasteiger partial charge in [0.05, 0.1) is 12.3 Å². The molecule has 0 radical (unpaired) electrons. The molecule has 3 rings (SSSR count). The van der Waals surface area contributed by atoms with Crippen LogP contribution in [0.1, 0.15) is 18.1 Å². The molecule has 1 N–H and O–H groups in total. The second kappa shape index (κ2) is 6.84. The zero-order valence-corrected chi connectivity index (χ0v) is 14.4. The van der Waals surface area contributed by atoms with E-state index in [9.17, 15) is 4.79 Å². The molecule has 24 heavy (non-hydrogen) atoms. The van der Waals surface area contributed by atoms with Gasteiger partial charge in [-0.15, -0.1) is 0 Å². The quantitative estimate of drug-likeness (QED) is 0.682. The van der Waals surface area contributed by atoms with E-state index in [2.05, 4.69) is 5.32 Å². The number of aryl methyl sites for hydroxylation is 1. The molecular weight excluding hydrogens is 320 g/mol. The smallest absolute Gasteiger partial charge is 0.281 e. The van der Waals surface area contributed by atoms with Crippen LogP contribution < -0.4 is 15.0 Å². The molecule has 122 valence electrons. The van der Waals surface area contributed by atoms with Gasteiger partial charge < -0.3 is 10.1 Å². The Hall–Kier alpha value is -2.66. The summed E-state index contributed by atoms with van der Waals surface area (Å²) in [6.07, 6.45) is 1.81. The van der Waals surface area contributed by atoms with Crippen molar-refractivity contribution < 1.29 is 9.53 Å². The molecule has 0 saturated carbocycles. The molecule has 4 nitrogen and oxygen atoms in total. The van der Waals surface area contributed by atoms with Crippen LogP contribution in [0.25, 0.3) is 6.08 Å². The van der Waals surface area contributed by atoms with Gasteiger partial charge in [-0.2, -0.15) is 0 Å². The predicted octanol–water partition coefficient (Wildman–Crippen LogP) is 3.66. The number of hydrogen-bond donors (Lipinski definition) is 1. The lowest BCUT2D eigenvalue weighted by Crippen LogP contribution is -2.30. The van der Waals surface area contributed by atoms with E-state index < -0.39 is 0 Å². The van der Waals surface area contributed by atoms with Crippen LogP contribution in [-0.4, -0.2) is 17.6 Å². The first kappa shape index (κ1) is 16.2.